The third kappa shape index (κ3) is 2.19. The van der Waals surface area contributed by atoms with Gasteiger partial charge in [0.05, 0.1) is 12.3 Å². The summed E-state index contributed by atoms with van der Waals surface area (Å²) in [6, 6.07) is 10.1. The van der Waals surface area contributed by atoms with E-state index in [0.717, 1.165) is 11.3 Å². The predicted octanol–water partition coefficient (Wildman–Crippen LogP) is 3.29. The van der Waals surface area contributed by atoms with Gasteiger partial charge in [-0.2, -0.15) is 0 Å². The van der Waals surface area contributed by atoms with Crippen LogP contribution in [-0.2, 0) is 0 Å². The van der Waals surface area contributed by atoms with Gasteiger partial charge in [0, 0.05) is 17.8 Å². The maximum atomic E-state index is 13.1. The lowest BCUT2D eigenvalue weighted by molar-refractivity contribution is 0.339. The average Bonchev–Trinajstić information content (AvgIpc) is 2.31. The normalized spacial score (nSPS) is 10.1. The van der Waals surface area contributed by atoms with Gasteiger partial charge in [0.1, 0.15) is 11.6 Å². The molecule has 0 saturated carbocycles. The van der Waals surface area contributed by atoms with E-state index in [-0.39, 0.29) is 5.82 Å². The van der Waals surface area contributed by atoms with E-state index in [9.17, 15) is 4.39 Å². The van der Waals surface area contributed by atoms with Crippen LogP contribution in [-0.4, -0.2) is 11.6 Å². The predicted molar refractivity (Wildman–Crippen MR) is 60.8 cm³/mol. The molecule has 0 radical (unpaired) electrons. The van der Waals surface area contributed by atoms with Gasteiger partial charge in [-0.3, -0.25) is 4.98 Å². The fourth-order valence-electron chi connectivity index (χ4n) is 1.50. The SMILES string of the molecule is CCOc1cc(F)ccc1-c1ccccn1. The van der Waals surface area contributed by atoms with Crippen LogP contribution in [0.2, 0.25) is 0 Å². The smallest absolute Gasteiger partial charge is 0.131 e. The van der Waals surface area contributed by atoms with Crippen LogP contribution in [0.3, 0.4) is 0 Å². The number of benzene rings is 1. The first kappa shape index (κ1) is 10.6. The zero-order valence-electron chi connectivity index (χ0n) is 8.98. The molecule has 0 aliphatic carbocycles. The summed E-state index contributed by atoms with van der Waals surface area (Å²) in [5, 5.41) is 0. The summed E-state index contributed by atoms with van der Waals surface area (Å²) < 4.78 is 18.5. The van der Waals surface area contributed by atoms with Gasteiger partial charge >= 0.3 is 0 Å². The van der Waals surface area contributed by atoms with E-state index in [2.05, 4.69) is 4.98 Å². The summed E-state index contributed by atoms with van der Waals surface area (Å²) in [6.07, 6.45) is 1.70. The first-order valence-corrected chi connectivity index (χ1v) is 5.15. The third-order valence-corrected chi connectivity index (χ3v) is 2.18. The zero-order chi connectivity index (χ0) is 11.4. The van der Waals surface area contributed by atoms with Crippen LogP contribution in [0.25, 0.3) is 11.3 Å². The number of rotatable bonds is 3. The van der Waals surface area contributed by atoms with Gasteiger partial charge in [-0.15, -0.1) is 0 Å². The van der Waals surface area contributed by atoms with E-state index in [1.54, 1.807) is 12.3 Å². The number of hydrogen-bond acceptors (Lipinski definition) is 2. The van der Waals surface area contributed by atoms with E-state index >= 15 is 0 Å². The van der Waals surface area contributed by atoms with E-state index in [1.165, 1.54) is 12.1 Å². The molecule has 16 heavy (non-hydrogen) atoms. The van der Waals surface area contributed by atoms with Gasteiger partial charge in [0.2, 0.25) is 0 Å². The molecule has 1 heterocycles. The van der Waals surface area contributed by atoms with Gasteiger partial charge in [-0.05, 0) is 31.2 Å². The van der Waals surface area contributed by atoms with Crippen molar-refractivity contribution >= 4 is 0 Å². The van der Waals surface area contributed by atoms with Crippen LogP contribution >= 0.6 is 0 Å². The van der Waals surface area contributed by atoms with Gasteiger partial charge < -0.3 is 4.74 Å². The maximum Gasteiger partial charge on any atom is 0.131 e. The molecule has 0 aliphatic rings. The minimum atomic E-state index is -0.303. The summed E-state index contributed by atoms with van der Waals surface area (Å²) in [6.45, 7) is 2.37. The van der Waals surface area contributed by atoms with Crippen molar-refractivity contribution in [3.63, 3.8) is 0 Å². The lowest BCUT2D eigenvalue weighted by Gasteiger charge is -2.09. The lowest BCUT2D eigenvalue weighted by Crippen LogP contribution is -1.95. The molecule has 0 spiro atoms. The molecule has 0 amide bonds. The molecule has 0 saturated heterocycles. The Hall–Kier alpha value is -1.90. The maximum absolute atomic E-state index is 13.1. The summed E-state index contributed by atoms with van der Waals surface area (Å²) in [5.41, 5.74) is 1.59. The van der Waals surface area contributed by atoms with Crippen LogP contribution in [0, 0.1) is 5.82 Å². The number of aromatic nitrogens is 1. The highest BCUT2D eigenvalue weighted by atomic mass is 19.1. The number of halogens is 1. The van der Waals surface area contributed by atoms with Crippen molar-refractivity contribution in [2.75, 3.05) is 6.61 Å². The molecule has 1 aromatic carbocycles. The zero-order valence-corrected chi connectivity index (χ0v) is 8.98. The second-order valence-electron chi connectivity index (χ2n) is 3.29. The lowest BCUT2D eigenvalue weighted by atomic mass is 10.1. The number of hydrogen-bond donors (Lipinski definition) is 0. The molecule has 0 unspecified atom stereocenters. The van der Waals surface area contributed by atoms with Crippen molar-refractivity contribution in [1.29, 1.82) is 0 Å². The summed E-state index contributed by atoms with van der Waals surface area (Å²) >= 11 is 0. The molecular weight excluding hydrogens is 205 g/mol. The summed E-state index contributed by atoms with van der Waals surface area (Å²) in [7, 11) is 0. The number of ether oxygens (including phenoxy) is 1. The van der Waals surface area contributed by atoms with Crippen LogP contribution in [0.15, 0.2) is 42.6 Å². The molecule has 3 heteroatoms. The van der Waals surface area contributed by atoms with Crippen molar-refractivity contribution in [2.24, 2.45) is 0 Å². The van der Waals surface area contributed by atoms with Crippen molar-refractivity contribution in [3.8, 4) is 17.0 Å². The second kappa shape index (κ2) is 4.75. The van der Waals surface area contributed by atoms with Gasteiger partial charge in [0.25, 0.3) is 0 Å². The Morgan fingerprint density at radius 2 is 2.12 bits per heavy atom. The average molecular weight is 217 g/mol. The van der Waals surface area contributed by atoms with E-state index in [4.69, 9.17) is 4.74 Å². The molecule has 0 fully saturated rings. The van der Waals surface area contributed by atoms with E-state index in [0.29, 0.717) is 12.4 Å². The van der Waals surface area contributed by atoms with Crippen LogP contribution in [0.1, 0.15) is 6.92 Å². The molecular formula is C13H12FNO. The Balaban J connectivity index is 2.48. The highest BCUT2D eigenvalue weighted by Gasteiger charge is 2.07. The topological polar surface area (TPSA) is 22.1 Å². The summed E-state index contributed by atoms with van der Waals surface area (Å²) in [5.74, 6) is 0.226. The Morgan fingerprint density at radius 1 is 1.25 bits per heavy atom. The highest BCUT2D eigenvalue weighted by molar-refractivity contribution is 5.66. The Morgan fingerprint density at radius 3 is 2.81 bits per heavy atom. The molecule has 0 bridgehead atoms. The van der Waals surface area contributed by atoms with Crippen molar-refractivity contribution in [1.82, 2.24) is 4.98 Å². The molecule has 0 atom stereocenters. The van der Waals surface area contributed by atoms with E-state index < -0.39 is 0 Å². The fourth-order valence-corrected chi connectivity index (χ4v) is 1.50. The highest BCUT2D eigenvalue weighted by Crippen LogP contribution is 2.29. The Labute approximate surface area is 93.7 Å². The quantitative estimate of drug-likeness (QED) is 0.787. The van der Waals surface area contributed by atoms with Crippen LogP contribution < -0.4 is 4.74 Å². The van der Waals surface area contributed by atoms with Gasteiger partial charge in [-0.1, -0.05) is 6.07 Å². The Kier molecular flexibility index (Phi) is 3.15. The molecule has 2 rings (SSSR count). The monoisotopic (exact) mass is 217 g/mol. The Bertz CT molecular complexity index is 471. The molecule has 2 aromatic rings. The summed E-state index contributed by atoms with van der Waals surface area (Å²) in [4.78, 5) is 4.22. The third-order valence-electron chi connectivity index (χ3n) is 2.18. The molecule has 0 N–H and O–H groups in total. The van der Waals surface area contributed by atoms with Crippen molar-refractivity contribution < 1.29 is 9.13 Å². The van der Waals surface area contributed by atoms with Crippen LogP contribution in [0.5, 0.6) is 5.75 Å². The van der Waals surface area contributed by atoms with Crippen LogP contribution in [0.4, 0.5) is 4.39 Å². The van der Waals surface area contributed by atoms with Gasteiger partial charge in [0.15, 0.2) is 0 Å². The largest absolute Gasteiger partial charge is 0.493 e. The second-order valence-corrected chi connectivity index (χ2v) is 3.29. The van der Waals surface area contributed by atoms with E-state index in [1.807, 2.05) is 25.1 Å². The standard InChI is InChI=1S/C13H12FNO/c1-2-16-13-9-10(14)6-7-11(13)12-5-3-4-8-15-12/h3-9H,2H2,1H3. The minimum absolute atomic E-state index is 0.303. The van der Waals surface area contributed by atoms with Crippen molar-refractivity contribution in [3.05, 3.63) is 48.4 Å². The molecule has 82 valence electrons. The molecule has 1 aromatic heterocycles. The van der Waals surface area contributed by atoms with Crippen molar-refractivity contribution in [2.45, 2.75) is 6.92 Å². The minimum Gasteiger partial charge on any atom is -0.493 e. The fraction of sp³-hybridized carbons (Fsp3) is 0.154. The first-order chi connectivity index (χ1) is 7.81. The molecule has 0 aliphatic heterocycles. The van der Waals surface area contributed by atoms with Gasteiger partial charge in [-0.25, -0.2) is 4.39 Å². The number of pyridine rings is 1. The first-order valence-electron chi connectivity index (χ1n) is 5.15. The number of nitrogens with zero attached hydrogens (tertiary/aromatic N) is 1. The molecule has 2 nitrogen and oxygen atoms in total.